The topological polar surface area (TPSA) is 102 Å². The largest absolute Gasteiger partial charge is 0.481 e. The number of benzene rings is 1. The van der Waals surface area contributed by atoms with E-state index >= 15 is 0 Å². The van der Waals surface area contributed by atoms with E-state index in [0.29, 0.717) is 29.6 Å². The van der Waals surface area contributed by atoms with E-state index in [0.717, 1.165) is 5.56 Å². The molecule has 1 saturated heterocycles. The van der Waals surface area contributed by atoms with Crippen LogP contribution in [-0.2, 0) is 4.79 Å². The van der Waals surface area contributed by atoms with E-state index in [9.17, 15) is 14.7 Å². The van der Waals surface area contributed by atoms with Crippen LogP contribution in [0.4, 0.5) is 0 Å². The van der Waals surface area contributed by atoms with Gasteiger partial charge in [0.1, 0.15) is 11.5 Å². The van der Waals surface area contributed by atoms with E-state index in [1.165, 1.54) is 0 Å². The highest BCUT2D eigenvalue weighted by molar-refractivity contribution is 5.93. The molecule has 3 heterocycles. The summed E-state index contributed by atoms with van der Waals surface area (Å²) < 4.78 is 10.7. The molecule has 4 rings (SSSR count). The number of aliphatic carboxylic acids is 1. The lowest BCUT2D eigenvalue weighted by Gasteiger charge is -2.17. The smallest absolute Gasteiger partial charge is 0.308 e. The number of carboxylic acid groups (broad SMARTS) is 1. The van der Waals surface area contributed by atoms with Crippen molar-refractivity contribution in [2.45, 2.75) is 19.8 Å². The monoisotopic (exact) mass is 369 g/mol. The molecule has 2 aliphatic rings. The van der Waals surface area contributed by atoms with Gasteiger partial charge in [-0.15, -0.1) is 0 Å². The van der Waals surface area contributed by atoms with Gasteiger partial charge in [-0.1, -0.05) is 6.07 Å². The SMILES string of the molecule is Cc1cc(C(=O)N2C[C@@H](C(=O)O)[C@H](c3ccc4c(c3)OCO4)C2)nc(C)n1. The van der Waals surface area contributed by atoms with Gasteiger partial charge in [0, 0.05) is 24.7 Å². The maximum absolute atomic E-state index is 12.9. The van der Waals surface area contributed by atoms with Crippen LogP contribution in [0.1, 0.15) is 33.5 Å². The summed E-state index contributed by atoms with van der Waals surface area (Å²) in [5, 5.41) is 9.68. The lowest BCUT2D eigenvalue weighted by molar-refractivity contribution is -0.141. The Morgan fingerprint density at radius 1 is 1.11 bits per heavy atom. The third kappa shape index (κ3) is 3.18. The van der Waals surface area contributed by atoms with E-state index in [1.54, 1.807) is 36.9 Å². The molecule has 0 unspecified atom stereocenters. The zero-order valence-electron chi connectivity index (χ0n) is 15.0. The predicted octanol–water partition coefficient (Wildman–Crippen LogP) is 1.76. The van der Waals surface area contributed by atoms with Gasteiger partial charge in [0.25, 0.3) is 5.91 Å². The lowest BCUT2D eigenvalue weighted by atomic mass is 9.89. The molecule has 140 valence electrons. The molecular formula is C19H19N3O5. The van der Waals surface area contributed by atoms with Gasteiger partial charge in [0.05, 0.1) is 5.92 Å². The van der Waals surface area contributed by atoms with Gasteiger partial charge in [-0.3, -0.25) is 9.59 Å². The Morgan fingerprint density at radius 3 is 2.63 bits per heavy atom. The van der Waals surface area contributed by atoms with Crippen LogP contribution >= 0.6 is 0 Å². The van der Waals surface area contributed by atoms with Crippen LogP contribution in [-0.4, -0.2) is 51.7 Å². The molecule has 27 heavy (non-hydrogen) atoms. The number of hydrogen-bond donors (Lipinski definition) is 1. The molecule has 1 aromatic carbocycles. The third-order valence-corrected chi connectivity index (χ3v) is 4.93. The highest BCUT2D eigenvalue weighted by Crippen LogP contribution is 2.39. The molecule has 1 amide bonds. The van der Waals surface area contributed by atoms with E-state index < -0.39 is 11.9 Å². The molecule has 8 heteroatoms. The Balaban J connectivity index is 1.62. The second-order valence-electron chi connectivity index (χ2n) is 6.82. The maximum atomic E-state index is 12.9. The molecule has 2 aliphatic heterocycles. The highest BCUT2D eigenvalue weighted by Gasteiger charge is 2.41. The minimum Gasteiger partial charge on any atom is -0.481 e. The Kier molecular flexibility index (Phi) is 4.18. The number of amides is 1. The van der Waals surface area contributed by atoms with Crippen molar-refractivity contribution in [2.24, 2.45) is 5.92 Å². The van der Waals surface area contributed by atoms with Crippen molar-refractivity contribution in [1.82, 2.24) is 14.9 Å². The quantitative estimate of drug-likeness (QED) is 0.879. The Labute approximate surface area is 155 Å². The number of carbonyl (C=O) groups is 2. The van der Waals surface area contributed by atoms with Gasteiger partial charge in [0.2, 0.25) is 6.79 Å². The van der Waals surface area contributed by atoms with Crippen LogP contribution in [0, 0.1) is 19.8 Å². The van der Waals surface area contributed by atoms with Crippen LogP contribution in [0.5, 0.6) is 11.5 Å². The summed E-state index contributed by atoms with van der Waals surface area (Å²) in [7, 11) is 0. The van der Waals surface area contributed by atoms with E-state index in [1.807, 2.05) is 6.07 Å². The molecule has 0 saturated carbocycles. The summed E-state index contributed by atoms with van der Waals surface area (Å²) in [4.78, 5) is 34.6. The van der Waals surface area contributed by atoms with Gasteiger partial charge in [-0.05, 0) is 37.6 Å². The molecule has 0 bridgehead atoms. The molecule has 0 spiro atoms. The minimum absolute atomic E-state index is 0.134. The summed E-state index contributed by atoms with van der Waals surface area (Å²) in [6.07, 6.45) is 0. The second kappa shape index (κ2) is 6.53. The van der Waals surface area contributed by atoms with E-state index in [2.05, 4.69) is 9.97 Å². The van der Waals surface area contributed by atoms with Crippen molar-refractivity contribution in [1.29, 1.82) is 0 Å². The number of nitrogens with zero attached hydrogens (tertiary/aromatic N) is 3. The van der Waals surface area contributed by atoms with Crippen LogP contribution in [0.15, 0.2) is 24.3 Å². The molecular weight excluding hydrogens is 350 g/mol. The molecule has 2 aromatic rings. The van der Waals surface area contributed by atoms with Gasteiger partial charge in [-0.25, -0.2) is 9.97 Å². The molecule has 1 fully saturated rings. The summed E-state index contributed by atoms with van der Waals surface area (Å²) >= 11 is 0. The number of hydrogen-bond acceptors (Lipinski definition) is 6. The minimum atomic E-state index is -0.928. The van der Waals surface area contributed by atoms with E-state index in [4.69, 9.17) is 9.47 Å². The third-order valence-electron chi connectivity index (χ3n) is 4.93. The Bertz CT molecular complexity index is 909. The summed E-state index contributed by atoms with van der Waals surface area (Å²) in [5.74, 6) is -0.476. The molecule has 1 N–H and O–H groups in total. The zero-order chi connectivity index (χ0) is 19.1. The zero-order valence-corrected chi connectivity index (χ0v) is 15.0. The van der Waals surface area contributed by atoms with Crippen molar-refractivity contribution in [3.8, 4) is 11.5 Å². The number of carboxylic acids is 1. The lowest BCUT2D eigenvalue weighted by Crippen LogP contribution is -2.30. The number of aromatic nitrogens is 2. The number of aryl methyl sites for hydroxylation is 2. The fourth-order valence-corrected chi connectivity index (χ4v) is 3.69. The molecule has 0 radical (unpaired) electrons. The maximum Gasteiger partial charge on any atom is 0.308 e. The van der Waals surface area contributed by atoms with Gasteiger partial charge in [0.15, 0.2) is 11.5 Å². The number of carbonyl (C=O) groups excluding carboxylic acids is 1. The normalized spacial score (nSPS) is 20.7. The molecule has 8 nitrogen and oxygen atoms in total. The van der Waals surface area contributed by atoms with Gasteiger partial charge >= 0.3 is 5.97 Å². The average molecular weight is 369 g/mol. The standard InChI is InChI=1S/C19H19N3O5/c1-10-5-15(21-11(2)20-10)18(23)22-7-13(14(8-22)19(24)25)12-3-4-16-17(6-12)27-9-26-16/h3-6,13-14H,7-9H2,1-2H3,(H,24,25)/t13-,14+/m0/s1. The first-order valence-electron chi connectivity index (χ1n) is 8.66. The summed E-state index contributed by atoms with van der Waals surface area (Å²) in [6, 6.07) is 7.04. The number of ether oxygens (including phenoxy) is 2. The average Bonchev–Trinajstić information content (AvgIpc) is 3.26. The Morgan fingerprint density at radius 2 is 1.89 bits per heavy atom. The number of fused-ring (bicyclic) bond motifs is 1. The summed E-state index contributed by atoms with van der Waals surface area (Å²) in [5.41, 5.74) is 1.81. The summed E-state index contributed by atoms with van der Waals surface area (Å²) in [6.45, 7) is 4.11. The number of likely N-dealkylation sites (tertiary alicyclic amines) is 1. The number of rotatable bonds is 3. The molecule has 1 aromatic heterocycles. The van der Waals surface area contributed by atoms with Crippen molar-refractivity contribution in [3.63, 3.8) is 0 Å². The van der Waals surface area contributed by atoms with Crippen LogP contribution in [0.2, 0.25) is 0 Å². The predicted molar refractivity (Wildman–Crippen MR) is 93.8 cm³/mol. The van der Waals surface area contributed by atoms with Crippen LogP contribution < -0.4 is 9.47 Å². The highest BCUT2D eigenvalue weighted by atomic mass is 16.7. The molecule has 2 atom stereocenters. The van der Waals surface area contributed by atoms with Gasteiger partial charge in [-0.2, -0.15) is 0 Å². The van der Waals surface area contributed by atoms with Gasteiger partial charge < -0.3 is 19.5 Å². The van der Waals surface area contributed by atoms with Crippen molar-refractivity contribution in [2.75, 3.05) is 19.9 Å². The second-order valence-corrected chi connectivity index (χ2v) is 6.82. The first-order valence-corrected chi connectivity index (χ1v) is 8.66. The van der Waals surface area contributed by atoms with Crippen molar-refractivity contribution >= 4 is 11.9 Å². The first kappa shape index (κ1) is 17.3. The fourth-order valence-electron chi connectivity index (χ4n) is 3.69. The first-order chi connectivity index (χ1) is 12.9. The van der Waals surface area contributed by atoms with Crippen LogP contribution in [0.3, 0.4) is 0 Å². The Hall–Kier alpha value is -3.16. The van der Waals surface area contributed by atoms with Crippen LogP contribution in [0.25, 0.3) is 0 Å². The fraction of sp³-hybridized carbons (Fsp3) is 0.368. The van der Waals surface area contributed by atoms with Crippen molar-refractivity contribution in [3.05, 3.63) is 47.0 Å². The van der Waals surface area contributed by atoms with Crippen molar-refractivity contribution < 1.29 is 24.2 Å². The van der Waals surface area contributed by atoms with E-state index in [-0.39, 0.29) is 30.9 Å². The molecule has 0 aliphatic carbocycles.